The summed E-state index contributed by atoms with van der Waals surface area (Å²) in [5, 5.41) is 4.46. The molecule has 1 saturated heterocycles. The summed E-state index contributed by atoms with van der Waals surface area (Å²) in [5.74, 6) is 0.425. The first-order valence-electron chi connectivity index (χ1n) is 8.33. The summed E-state index contributed by atoms with van der Waals surface area (Å²) in [6, 6.07) is 0.478. The van der Waals surface area contributed by atoms with Crippen molar-refractivity contribution < 1.29 is 4.79 Å². The van der Waals surface area contributed by atoms with Gasteiger partial charge in [0, 0.05) is 11.3 Å². The molecule has 1 spiro atoms. The van der Waals surface area contributed by atoms with E-state index in [1.807, 2.05) is 11.8 Å². The molecule has 1 N–H and O–H groups in total. The van der Waals surface area contributed by atoms with Gasteiger partial charge in [-0.2, -0.15) is 11.8 Å². The highest BCUT2D eigenvalue weighted by atomic mass is 32.2. The van der Waals surface area contributed by atoms with E-state index >= 15 is 0 Å². The van der Waals surface area contributed by atoms with E-state index in [0.29, 0.717) is 11.9 Å². The van der Waals surface area contributed by atoms with Gasteiger partial charge in [-0.15, -0.1) is 0 Å². The van der Waals surface area contributed by atoms with Crippen molar-refractivity contribution in [2.45, 2.75) is 87.7 Å². The quantitative estimate of drug-likeness (QED) is 0.868. The third-order valence-electron chi connectivity index (χ3n) is 5.59. The van der Waals surface area contributed by atoms with E-state index in [0.717, 1.165) is 24.5 Å². The van der Waals surface area contributed by atoms with Crippen molar-refractivity contribution in [3.63, 3.8) is 0 Å². The predicted molar refractivity (Wildman–Crippen MR) is 84.8 cm³/mol. The molecule has 1 aliphatic heterocycles. The number of nitrogens with one attached hydrogen (secondary N) is 1. The molecule has 0 bridgehead atoms. The van der Waals surface area contributed by atoms with Crippen LogP contribution in [0, 0.1) is 0 Å². The molecule has 3 aliphatic rings. The Balaban J connectivity index is 1.78. The van der Waals surface area contributed by atoms with E-state index in [2.05, 4.69) is 23.4 Å². The molecular formula is C16H28N2OS. The molecule has 4 heteroatoms. The Morgan fingerprint density at radius 2 is 2.05 bits per heavy atom. The minimum Gasteiger partial charge on any atom is -0.323 e. The smallest absolute Gasteiger partial charge is 0.244 e. The molecule has 0 aromatic heterocycles. The largest absolute Gasteiger partial charge is 0.323 e. The molecule has 1 heterocycles. The zero-order chi connectivity index (χ0) is 14.2. The molecule has 0 aromatic rings. The van der Waals surface area contributed by atoms with Crippen molar-refractivity contribution in [3.8, 4) is 0 Å². The van der Waals surface area contributed by atoms with E-state index in [9.17, 15) is 4.79 Å². The van der Waals surface area contributed by atoms with E-state index in [-0.39, 0.29) is 11.7 Å². The van der Waals surface area contributed by atoms with E-state index in [1.54, 1.807) is 0 Å². The summed E-state index contributed by atoms with van der Waals surface area (Å²) in [4.78, 5) is 15.3. The van der Waals surface area contributed by atoms with Crippen LogP contribution in [0.25, 0.3) is 0 Å². The van der Waals surface area contributed by atoms with Crippen molar-refractivity contribution in [1.82, 2.24) is 10.2 Å². The lowest BCUT2D eigenvalue weighted by Crippen LogP contribution is -2.47. The number of hydrogen-bond acceptors (Lipinski definition) is 3. The summed E-state index contributed by atoms with van der Waals surface area (Å²) < 4.78 is 0. The summed E-state index contributed by atoms with van der Waals surface area (Å²) in [6.45, 7) is 2.21. The molecular weight excluding hydrogens is 268 g/mol. The van der Waals surface area contributed by atoms with Gasteiger partial charge in [-0.3, -0.25) is 10.1 Å². The lowest BCUT2D eigenvalue weighted by Gasteiger charge is -2.37. The Labute approximate surface area is 127 Å². The predicted octanol–water partition coefficient (Wildman–Crippen LogP) is 3.14. The summed E-state index contributed by atoms with van der Waals surface area (Å²) in [5.41, 5.74) is -0.188. The van der Waals surface area contributed by atoms with Gasteiger partial charge in [0.2, 0.25) is 5.91 Å². The Kier molecular flexibility index (Phi) is 4.32. The fourth-order valence-electron chi connectivity index (χ4n) is 4.48. The van der Waals surface area contributed by atoms with Gasteiger partial charge in [-0.1, -0.05) is 26.2 Å². The summed E-state index contributed by atoms with van der Waals surface area (Å²) in [7, 11) is 0. The van der Waals surface area contributed by atoms with Gasteiger partial charge in [0.25, 0.3) is 0 Å². The lowest BCUT2D eigenvalue weighted by molar-refractivity contribution is -0.136. The average Bonchev–Trinajstić information content (AvgIpc) is 3.06. The van der Waals surface area contributed by atoms with Crippen LogP contribution in [0.4, 0.5) is 0 Å². The zero-order valence-corrected chi connectivity index (χ0v) is 13.7. The van der Waals surface area contributed by atoms with Crippen LogP contribution >= 0.6 is 11.8 Å². The molecule has 0 aromatic carbocycles. The highest BCUT2D eigenvalue weighted by Crippen LogP contribution is 2.40. The normalized spacial score (nSPS) is 37.0. The van der Waals surface area contributed by atoms with Gasteiger partial charge in [0.05, 0.1) is 11.7 Å². The summed E-state index contributed by atoms with van der Waals surface area (Å²) >= 11 is 1.98. The van der Waals surface area contributed by atoms with Gasteiger partial charge in [0.15, 0.2) is 0 Å². The van der Waals surface area contributed by atoms with Crippen LogP contribution in [0.5, 0.6) is 0 Å². The lowest BCUT2D eigenvalue weighted by atomic mass is 9.92. The number of nitrogens with zero attached hydrogens (tertiary/aromatic N) is 1. The summed E-state index contributed by atoms with van der Waals surface area (Å²) in [6.07, 6.45) is 13.1. The van der Waals surface area contributed by atoms with Crippen molar-refractivity contribution in [2.24, 2.45) is 0 Å². The van der Waals surface area contributed by atoms with E-state index in [4.69, 9.17) is 0 Å². The third-order valence-corrected chi connectivity index (χ3v) is 6.69. The number of carbonyl (C=O) groups excluding carboxylic acids is 1. The van der Waals surface area contributed by atoms with Crippen molar-refractivity contribution in [1.29, 1.82) is 0 Å². The third kappa shape index (κ3) is 2.39. The molecule has 20 heavy (non-hydrogen) atoms. The maximum Gasteiger partial charge on any atom is 0.244 e. The number of amides is 1. The van der Waals surface area contributed by atoms with Crippen LogP contribution in [-0.2, 0) is 4.79 Å². The van der Waals surface area contributed by atoms with Gasteiger partial charge < -0.3 is 4.90 Å². The van der Waals surface area contributed by atoms with Crippen LogP contribution in [0.1, 0.15) is 64.7 Å². The van der Waals surface area contributed by atoms with Crippen LogP contribution < -0.4 is 5.32 Å². The maximum atomic E-state index is 13.0. The first kappa shape index (κ1) is 14.7. The molecule has 3 rings (SSSR count). The Morgan fingerprint density at radius 3 is 2.70 bits per heavy atom. The molecule has 2 aliphatic carbocycles. The first-order valence-corrected chi connectivity index (χ1v) is 9.62. The van der Waals surface area contributed by atoms with Crippen LogP contribution in [0.2, 0.25) is 0 Å². The Hall–Kier alpha value is -0.220. The second-order valence-electron chi connectivity index (χ2n) is 6.75. The molecule has 3 nitrogen and oxygen atoms in total. The molecule has 114 valence electrons. The van der Waals surface area contributed by atoms with Gasteiger partial charge in [0.1, 0.15) is 0 Å². The van der Waals surface area contributed by atoms with E-state index < -0.39 is 0 Å². The van der Waals surface area contributed by atoms with Crippen molar-refractivity contribution in [2.75, 3.05) is 6.26 Å². The topological polar surface area (TPSA) is 32.3 Å². The minimum absolute atomic E-state index is 0.188. The van der Waals surface area contributed by atoms with Gasteiger partial charge in [-0.25, -0.2) is 0 Å². The Bertz CT molecular complexity index is 367. The number of hydrogen-bond donors (Lipinski definition) is 1. The molecule has 0 radical (unpaired) electrons. The molecule has 3 atom stereocenters. The number of thioether (sulfide) groups is 1. The van der Waals surface area contributed by atoms with Crippen LogP contribution in [0.15, 0.2) is 0 Å². The standard InChI is InChI=1S/C16H28N2OS/c1-3-14-17-16(9-4-5-10-16)15(19)18(14)12-7-6-8-13(11-12)20-2/h12-14,17H,3-11H2,1-2H3. The SMILES string of the molecule is CCC1NC2(CCCC2)C(=O)N1C1CCCC(SC)C1. The average molecular weight is 296 g/mol. The van der Waals surface area contributed by atoms with Gasteiger partial charge >= 0.3 is 0 Å². The monoisotopic (exact) mass is 296 g/mol. The minimum atomic E-state index is -0.188. The van der Waals surface area contributed by atoms with E-state index in [1.165, 1.54) is 38.5 Å². The second kappa shape index (κ2) is 5.88. The first-order chi connectivity index (χ1) is 9.70. The molecule has 1 amide bonds. The molecule has 3 fully saturated rings. The fraction of sp³-hybridized carbons (Fsp3) is 0.938. The highest BCUT2D eigenvalue weighted by molar-refractivity contribution is 7.99. The fourth-order valence-corrected chi connectivity index (χ4v) is 5.30. The molecule has 2 saturated carbocycles. The zero-order valence-electron chi connectivity index (χ0n) is 12.9. The van der Waals surface area contributed by atoms with Crippen LogP contribution in [-0.4, -0.2) is 40.1 Å². The Morgan fingerprint density at radius 1 is 1.30 bits per heavy atom. The number of rotatable bonds is 3. The van der Waals surface area contributed by atoms with Gasteiger partial charge in [-0.05, 0) is 44.8 Å². The van der Waals surface area contributed by atoms with Crippen LogP contribution in [0.3, 0.4) is 0 Å². The maximum absolute atomic E-state index is 13.0. The molecule has 3 unspecified atom stereocenters. The van der Waals surface area contributed by atoms with Crippen molar-refractivity contribution >= 4 is 17.7 Å². The second-order valence-corrected chi connectivity index (χ2v) is 7.89. The van der Waals surface area contributed by atoms with Crippen molar-refractivity contribution in [3.05, 3.63) is 0 Å². The number of carbonyl (C=O) groups is 1. The highest BCUT2D eigenvalue weighted by Gasteiger charge is 2.53.